The zero-order chi connectivity index (χ0) is 10.6. The van der Waals surface area contributed by atoms with Gasteiger partial charge in [0.05, 0.1) is 6.54 Å². The molecule has 0 aromatic carbocycles. The normalized spacial score (nSPS) is 16.9. The topological polar surface area (TPSA) is 85.5 Å². The third kappa shape index (κ3) is 2.59. The minimum atomic E-state index is 0.0886. The Hall–Kier alpha value is -1.30. The van der Waals surface area contributed by atoms with E-state index in [2.05, 4.69) is 5.32 Å². The van der Waals surface area contributed by atoms with E-state index in [1.54, 1.807) is 16.8 Å². The zero-order valence-corrected chi connectivity index (χ0v) is 8.42. The van der Waals surface area contributed by atoms with Crippen molar-refractivity contribution in [3.05, 3.63) is 0 Å². The predicted octanol–water partition coefficient (Wildman–Crippen LogP) is -1.76. The number of hydrogen-bond donors (Lipinski definition) is 3. The lowest BCUT2D eigenvalue weighted by molar-refractivity contribution is -0.131. The highest BCUT2D eigenvalue weighted by molar-refractivity contribution is 5.79. The molecule has 0 saturated carbocycles. The van der Waals surface area contributed by atoms with E-state index in [0.29, 0.717) is 32.7 Å². The van der Waals surface area contributed by atoms with Gasteiger partial charge in [-0.2, -0.15) is 0 Å². The maximum Gasteiger partial charge on any atom is 0.236 e. The molecule has 1 heterocycles. The molecule has 6 nitrogen and oxygen atoms in total. The fourth-order valence-electron chi connectivity index (χ4n) is 1.46. The van der Waals surface area contributed by atoms with Crippen molar-refractivity contribution >= 4 is 11.9 Å². The molecule has 14 heavy (non-hydrogen) atoms. The summed E-state index contributed by atoms with van der Waals surface area (Å²) in [5.74, 6) is 0.196. The molecule has 1 aliphatic heterocycles. The summed E-state index contributed by atoms with van der Waals surface area (Å²) in [4.78, 5) is 15.0. The second kappa shape index (κ2) is 4.80. The standard InChI is InChI=1S/C8H17N5O/c1-11-6-7(14)12-2-4-13(5-3-12)8(9)10/h11H,2-6H2,1H3,(H3,9,10). The number of rotatable bonds is 2. The minimum absolute atomic E-state index is 0.0886. The number of nitrogens with zero attached hydrogens (tertiary/aromatic N) is 2. The van der Waals surface area contributed by atoms with Crippen LogP contribution in [0, 0.1) is 5.41 Å². The van der Waals surface area contributed by atoms with Gasteiger partial charge in [-0.15, -0.1) is 0 Å². The first-order valence-corrected chi connectivity index (χ1v) is 4.66. The summed E-state index contributed by atoms with van der Waals surface area (Å²) < 4.78 is 0. The van der Waals surface area contributed by atoms with Crippen LogP contribution >= 0.6 is 0 Å². The number of hydrogen-bond acceptors (Lipinski definition) is 3. The van der Waals surface area contributed by atoms with E-state index in [9.17, 15) is 4.79 Å². The molecule has 1 rings (SSSR count). The van der Waals surface area contributed by atoms with Crippen LogP contribution in [0.1, 0.15) is 0 Å². The third-order valence-electron chi connectivity index (χ3n) is 2.30. The highest BCUT2D eigenvalue weighted by Crippen LogP contribution is 2.00. The first-order chi connectivity index (χ1) is 6.65. The van der Waals surface area contributed by atoms with E-state index in [1.165, 1.54) is 0 Å². The van der Waals surface area contributed by atoms with Crippen LogP contribution in [0.5, 0.6) is 0 Å². The predicted molar refractivity (Wildman–Crippen MR) is 54.0 cm³/mol. The van der Waals surface area contributed by atoms with E-state index < -0.39 is 0 Å². The summed E-state index contributed by atoms with van der Waals surface area (Å²) in [5, 5.41) is 10.1. The minimum Gasteiger partial charge on any atom is -0.370 e. The molecule has 0 bridgehead atoms. The van der Waals surface area contributed by atoms with Gasteiger partial charge in [-0.1, -0.05) is 0 Å². The van der Waals surface area contributed by atoms with E-state index in [-0.39, 0.29) is 11.9 Å². The van der Waals surface area contributed by atoms with Gasteiger partial charge in [-0.05, 0) is 7.05 Å². The van der Waals surface area contributed by atoms with Crippen LogP contribution in [0.3, 0.4) is 0 Å². The number of amides is 1. The number of nitrogens with one attached hydrogen (secondary N) is 2. The Morgan fingerprint density at radius 1 is 1.36 bits per heavy atom. The first kappa shape index (κ1) is 10.8. The van der Waals surface area contributed by atoms with Crippen LogP contribution in [-0.2, 0) is 4.79 Å². The number of carbonyl (C=O) groups excluding carboxylic acids is 1. The molecule has 0 aromatic rings. The van der Waals surface area contributed by atoms with Crippen LogP contribution in [0.2, 0.25) is 0 Å². The average molecular weight is 199 g/mol. The number of carbonyl (C=O) groups is 1. The fourth-order valence-corrected chi connectivity index (χ4v) is 1.46. The van der Waals surface area contributed by atoms with Crippen molar-refractivity contribution < 1.29 is 4.79 Å². The monoisotopic (exact) mass is 199 g/mol. The van der Waals surface area contributed by atoms with Crippen LogP contribution < -0.4 is 11.1 Å². The quantitative estimate of drug-likeness (QED) is 0.363. The van der Waals surface area contributed by atoms with Gasteiger partial charge in [0.15, 0.2) is 5.96 Å². The molecule has 6 heteroatoms. The van der Waals surface area contributed by atoms with Gasteiger partial charge in [0, 0.05) is 26.2 Å². The first-order valence-electron chi connectivity index (χ1n) is 4.66. The maximum atomic E-state index is 11.4. The summed E-state index contributed by atoms with van der Waals surface area (Å²) in [7, 11) is 1.75. The molecule has 0 aliphatic carbocycles. The molecular formula is C8H17N5O. The van der Waals surface area contributed by atoms with Gasteiger partial charge in [0.25, 0.3) is 0 Å². The lowest BCUT2D eigenvalue weighted by Gasteiger charge is -2.34. The maximum absolute atomic E-state index is 11.4. The zero-order valence-electron chi connectivity index (χ0n) is 8.42. The largest absolute Gasteiger partial charge is 0.370 e. The smallest absolute Gasteiger partial charge is 0.236 e. The Bertz CT molecular complexity index is 222. The molecule has 0 aromatic heterocycles. The van der Waals surface area contributed by atoms with E-state index in [1.807, 2.05) is 0 Å². The summed E-state index contributed by atoms with van der Waals surface area (Å²) in [6.45, 7) is 3.00. The molecule has 1 saturated heterocycles. The highest BCUT2D eigenvalue weighted by Gasteiger charge is 2.20. The van der Waals surface area contributed by atoms with Crippen molar-refractivity contribution in [1.29, 1.82) is 5.41 Å². The van der Waals surface area contributed by atoms with Crippen molar-refractivity contribution in [3.63, 3.8) is 0 Å². The lowest BCUT2D eigenvalue weighted by Crippen LogP contribution is -2.53. The molecule has 0 spiro atoms. The molecule has 0 radical (unpaired) electrons. The molecule has 1 amide bonds. The van der Waals surface area contributed by atoms with Crippen molar-refractivity contribution in [1.82, 2.24) is 15.1 Å². The van der Waals surface area contributed by atoms with Gasteiger partial charge < -0.3 is 20.9 Å². The number of guanidine groups is 1. The molecule has 0 unspecified atom stereocenters. The van der Waals surface area contributed by atoms with E-state index >= 15 is 0 Å². The SMILES string of the molecule is CNCC(=O)N1CCN(C(=N)N)CC1. The second-order valence-electron chi connectivity index (χ2n) is 3.28. The summed E-state index contributed by atoms with van der Waals surface area (Å²) in [5.41, 5.74) is 5.34. The van der Waals surface area contributed by atoms with Gasteiger partial charge in [0.2, 0.25) is 5.91 Å². The molecular weight excluding hydrogens is 182 g/mol. The lowest BCUT2D eigenvalue weighted by atomic mass is 10.3. The van der Waals surface area contributed by atoms with Crippen LogP contribution in [0.4, 0.5) is 0 Å². The number of piperazine rings is 1. The fraction of sp³-hybridized carbons (Fsp3) is 0.750. The summed E-state index contributed by atoms with van der Waals surface area (Å²) in [6.07, 6.45) is 0. The Kier molecular flexibility index (Phi) is 3.70. The Morgan fingerprint density at radius 3 is 2.29 bits per heavy atom. The van der Waals surface area contributed by atoms with Crippen LogP contribution in [0.15, 0.2) is 0 Å². The van der Waals surface area contributed by atoms with Crippen molar-refractivity contribution in [3.8, 4) is 0 Å². The average Bonchev–Trinajstić information content (AvgIpc) is 2.18. The summed E-state index contributed by atoms with van der Waals surface area (Å²) >= 11 is 0. The van der Waals surface area contributed by atoms with Crippen molar-refractivity contribution in [2.75, 3.05) is 39.8 Å². The highest BCUT2D eigenvalue weighted by atomic mass is 16.2. The number of likely N-dealkylation sites (N-methyl/N-ethyl adjacent to an activating group) is 1. The summed E-state index contributed by atoms with van der Waals surface area (Å²) in [6, 6.07) is 0. The van der Waals surface area contributed by atoms with E-state index in [0.717, 1.165) is 0 Å². The van der Waals surface area contributed by atoms with Gasteiger partial charge >= 0.3 is 0 Å². The third-order valence-corrected chi connectivity index (χ3v) is 2.30. The van der Waals surface area contributed by atoms with Gasteiger partial charge in [-0.3, -0.25) is 10.2 Å². The second-order valence-corrected chi connectivity index (χ2v) is 3.28. The van der Waals surface area contributed by atoms with E-state index in [4.69, 9.17) is 11.1 Å². The molecule has 0 atom stereocenters. The van der Waals surface area contributed by atoms with Crippen molar-refractivity contribution in [2.24, 2.45) is 5.73 Å². The van der Waals surface area contributed by atoms with Crippen LogP contribution in [0.25, 0.3) is 0 Å². The van der Waals surface area contributed by atoms with Gasteiger partial charge in [0.1, 0.15) is 0 Å². The Balaban J connectivity index is 2.35. The Labute approximate surface area is 83.5 Å². The number of nitrogens with two attached hydrogens (primary N) is 1. The molecule has 80 valence electrons. The van der Waals surface area contributed by atoms with Crippen LogP contribution in [-0.4, -0.2) is 61.4 Å². The molecule has 1 fully saturated rings. The molecule has 4 N–H and O–H groups in total. The van der Waals surface area contributed by atoms with Crippen molar-refractivity contribution in [2.45, 2.75) is 0 Å². The Morgan fingerprint density at radius 2 is 1.86 bits per heavy atom. The molecule has 1 aliphatic rings. The van der Waals surface area contributed by atoms with Gasteiger partial charge in [-0.25, -0.2) is 0 Å².